The minimum absolute atomic E-state index is 0.0202. The van der Waals surface area contributed by atoms with Gasteiger partial charge in [-0.3, -0.25) is 9.36 Å². The van der Waals surface area contributed by atoms with Crippen LogP contribution in [0.4, 0.5) is 0 Å². The molecule has 1 heterocycles. The highest BCUT2D eigenvalue weighted by Gasteiger charge is 2.23. The van der Waals surface area contributed by atoms with E-state index in [9.17, 15) is 9.59 Å². The van der Waals surface area contributed by atoms with Crippen molar-refractivity contribution < 1.29 is 5.11 Å². The Morgan fingerprint density at radius 2 is 1.80 bits per heavy atom. The van der Waals surface area contributed by atoms with Crippen LogP contribution in [-0.2, 0) is 12.8 Å². The lowest BCUT2D eigenvalue weighted by Crippen LogP contribution is -2.40. The Kier molecular flexibility index (Phi) is 5.17. The molecule has 0 unspecified atom stereocenters. The van der Waals surface area contributed by atoms with Crippen LogP contribution in [-0.4, -0.2) is 21.3 Å². The van der Waals surface area contributed by atoms with E-state index in [2.05, 4.69) is 4.98 Å². The zero-order valence-electron chi connectivity index (χ0n) is 12.2. The second-order valence-corrected chi connectivity index (χ2v) is 5.52. The number of hydrogen-bond donors (Lipinski definition) is 2. The van der Waals surface area contributed by atoms with Gasteiger partial charge in [-0.05, 0) is 39.0 Å². The lowest BCUT2D eigenvalue weighted by atomic mass is 9.95. The van der Waals surface area contributed by atoms with Gasteiger partial charge in [-0.1, -0.05) is 19.3 Å². The first-order valence-electron chi connectivity index (χ1n) is 7.66. The zero-order chi connectivity index (χ0) is 14.5. The van der Waals surface area contributed by atoms with E-state index >= 15 is 0 Å². The predicted octanol–water partition coefficient (Wildman–Crippen LogP) is 1.53. The molecule has 2 aliphatic carbocycles. The summed E-state index contributed by atoms with van der Waals surface area (Å²) in [6.45, 7) is 1.93. The molecule has 1 saturated carbocycles. The summed E-state index contributed by atoms with van der Waals surface area (Å²) in [5.41, 5.74) is 1.53. The zero-order valence-corrected chi connectivity index (χ0v) is 12.2. The largest absolute Gasteiger partial charge is 0.397 e. The molecule has 5 nitrogen and oxygen atoms in total. The highest BCUT2D eigenvalue weighted by Crippen LogP contribution is 2.26. The summed E-state index contributed by atoms with van der Waals surface area (Å²) in [5.74, 6) is 0. The quantitative estimate of drug-likeness (QED) is 0.819. The standard InChI is InChI=1S/C13H18N2O2.C2H6O/c16-12-10-7-4-8-11(10)14-13(17)15(12)9-5-2-1-3-6-9;1-2-3/h9H,1-8H2,(H,14,17);3H,2H2,1H3. The average molecular weight is 280 g/mol. The molecule has 0 saturated heterocycles. The maximum absolute atomic E-state index is 12.3. The van der Waals surface area contributed by atoms with Crippen molar-refractivity contribution in [3.8, 4) is 0 Å². The van der Waals surface area contributed by atoms with E-state index in [0.29, 0.717) is 0 Å². The molecule has 0 aliphatic heterocycles. The minimum Gasteiger partial charge on any atom is -0.397 e. The number of nitrogens with one attached hydrogen (secondary N) is 1. The molecule has 5 heteroatoms. The van der Waals surface area contributed by atoms with Gasteiger partial charge in [0, 0.05) is 23.9 Å². The second kappa shape index (κ2) is 6.88. The summed E-state index contributed by atoms with van der Waals surface area (Å²) in [6, 6.07) is 0.130. The van der Waals surface area contributed by atoms with Crippen LogP contribution in [0, 0.1) is 0 Å². The molecule has 20 heavy (non-hydrogen) atoms. The number of aromatic amines is 1. The van der Waals surface area contributed by atoms with Gasteiger partial charge in [-0.15, -0.1) is 0 Å². The number of aliphatic hydroxyl groups is 1. The first-order valence-corrected chi connectivity index (χ1v) is 7.66. The molecule has 0 aromatic carbocycles. The smallest absolute Gasteiger partial charge is 0.328 e. The Labute approximate surface area is 118 Å². The summed E-state index contributed by atoms with van der Waals surface area (Å²) in [6.07, 6.45) is 8.12. The van der Waals surface area contributed by atoms with E-state index in [4.69, 9.17) is 5.11 Å². The number of fused-ring (bicyclic) bond motifs is 1. The van der Waals surface area contributed by atoms with Gasteiger partial charge in [0.15, 0.2) is 0 Å². The molecular formula is C15H24N2O3. The third-order valence-corrected chi connectivity index (χ3v) is 4.11. The summed E-state index contributed by atoms with van der Waals surface area (Å²) in [7, 11) is 0. The third-order valence-electron chi connectivity index (χ3n) is 4.11. The Morgan fingerprint density at radius 3 is 2.45 bits per heavy atom. The highest BCUT2D eigenvalue weighted by molar-refractivity contribution is 5.22. The number of aryl methyl sites for hydroxylation is 1. The van der Waals surface area contributed by atoms with Crippen molar-refractivity contribution in [2.75, 3.05) is 6.61 Å². The normalized spacial score (nSPS) is 18.3. The van der Waals surface area contributed by atoms with Crippen LogP contribution in [0.25, 0.3) is 0 Å². The van der Waals surface area contributed by atoms with Crippen molar-refractivity contribution in [1.82, 2.24) is 9.55 Å². The SMILES string of the molecule is CCO.O=c1[nH]c2c(c(=O)n1C1CCCCC1)CCC2. The average Bonchev–Trinajstić information content (AvgIpc) is 2.89. The van der Waals surface area contributed by atoms with Gasteiger partial charge in [-0.25, -0.2) is 4.79 Å². The maximum Gasteiger partial charge on any atom is 0.328 e. The van der Waals surface area contributed by atoms with Crippen molar-refractivity contribution in [3.05, 3.63) is 32.1 Å². The Balaban J connectivity index is 0.000000452. The van der Waals surface area contributed by atoms with Crippen molar-refractivity contribution in [2.45, 2.75) is 64.3 Å². The highest BCUT2D eigenvalue weighted by atomic mass is 16.2. The van der Waals surface area contributed by atoms with Gasteiger partial charge in [-0.2, -0.15) is 0 Å². The molecule has 0 radical (unpaired) electrons. The number of aromatic nitrogens is 2. The van der Waals surface area contributed by atoms with Crippen LogP contribution in [0.15, 0.2) is 9.59 Å². The van der Waals surface area contributed by atoms with Crippen LogP contribution >= 0.6 is 0 Å². The van der Waals surface area contributed by atoms with Gasteiger partial charge in [0.2, 0.25) is 0 Å². The number of H-pyrrole nitrogens is 1. The number of hydrogen-bond acceptors (Lipinski definition) is 3. The molecule has 1 aromatic heterocycles. The fraction of sp³-hybridized carbons (Fsp3) is 0.733. The number of aliphatic hydroxyl groups excluding tert-OH is 1. The topological polar surface area (TPSA) is 75.1 Å². The van der Waals surface area contributed by atoms with Crippen molar-refractivity contribution in [1.29, 1.82) is 0 Å². The van der Waals surface area contributed by atoms with Crippen LogP contribution < -0.4 is 11.2 Å². The molecule has 0 spiro atoms. The molecule has 1 aromatic rings. The lowest BCUT2D eigenvalue weighted by Gasteiger charge is -2.23. The maximum atomic E-state index is 12.3. The number of rotatable bonds is 1. The third kappa shape index (κ3) is 3.03. The van der Waals surface area contributed by atoms with E-state index in [1.54, 1.807) is 6.92 Å². The first kappa shape index (κ1) is 15.0. The lowest BCUT2D eigenvalue weighted by molar-refractivity contribution is 0.318. The van der Waals surface area contributed by atoms with Crippen LogP contribution in [0.2, 0.25) is 0 Å². The van der Waals surface area contributed by atoms with E-state index < -0.39 is 0 Å². The van der Waals surface area contributed by atoms with Gasteiger partial charge >= 0.3 is 5.69 Å². The van der Waals surface area contributed by atoms with Crippen molar-refractivity contribution in [3.63, 3.8) is 0 Å². The summed E-state index contributed by atoms with van der Waals surface area (Å²) in [4.78, 5) is 27.2. The molecule has 0 amide bonds. The van der Waals surface area contributed by atoms with Crippen LogP contribution in [0.1, 0.15) is 62.7 Å². The molecule has 0 atom stereocenters. The number of nitrogens with zero attached hydrogens (tertiary/aromatic N) is 1. The van der Waals surface area contributed by atoms with Gasteiger partial charge in [0.25, 0.3) is 5.56 Å². The Bertz CT molecular complexity index is 553. The fourth-order valence-corrected chi connectivity index (χ4v) is 3.22. The molecule has 0 bridgehead atoms. The van der Waals surface area contributed by atoms with Gasteiger partial charge < -0.3 is 10.1 Å². The van der Waals surface area contributed by atoms with Crippen LogP contribution in [0.3, 0.4) is 0 Å². The summed E-state index contributed by atoms with van der Waals surface area (Å²) >= 11 is 0. The van der Waals surface area contributed by atoms with E-state index in [0.717, 1.165) is 56.2 Å². The predicted molar refractivity (Wildman–Crippen MR) is 78.2 cm³/mol. The minimum atomic E-state index is -0.192. The van der Waals surface area contributed by atoms with E-state index in [1.807, 2.05) is 0 Å². The van der Waals surface area contributed by atoms with Gasteiger partial charge in [0.05, 0.1) is 0 Å². The molecule has 2 aliphatic rings. The van der Waals surface area contributed by atoms with Gasteiger partial charge in [0.1, 0.15) is 0 Å². The first-order chi connectivity index (χ1) is 9.69. The van der Waals surface area contributed by atoms with E-state index in [1.165, 1.54) is 11.0 Å². The summed E-state index contributed by atoms with van der Waals surface area (Å²) < 4.78 is 1.49. The van der Waals surface area contributed by atoms with Crippen LogP contribution in [0.5, 0.6) is 0 Å². The van der Waals surface area contributed by atoms with Crippen molar-refractivity contribution >= 4 is 0 Å². The Hall–Kier alpha value is -1.36. The Morgan fingerprint density at radius 1 is 1.15 bits per heavy atom. The summed E-state index contributed by atoms with van der Waals surface area (Å²) in [5, 5.41) is 7.57. The van der Waals surface area contributed by atoms with E-state index in [-0.39, 0.29) is 23.9 Å². The monoisotopic (exact) mass is 280 g/mol. The molecular weight excluding hydrogens is 256 g/mol. The molecule has 112 valence electrons. The fourth-order valence-electron chi connectivity index (χ4n) is 3.22. The molecule has 1 fully saturated rings. The molecule has 3 rings (SSSR count). The second-order valence-electron chi connectivity index (χ2n) is 5.52. The molecule has 2 N–H and O–H groups in total. The van der Waals surface area contributed by atoms with Crippen molar-refractivity contribution in [2.24, 2.45) is 0 Å².